The van der Waals surface area contributed by atoms with Gasteiger partial charge in [-0.2, -0.15) is 0 Å². The number of carbonyl (C=O) groups excluding carboxylic acids is 1. The van der Waals surface area contributed by atoms with Gasteiger partial charge < -0.3 is 15.4 Å². The van der Waals surface area contributed by atoms with Crippen LogP contribution in [0, 0.1) is 0 Å². The Hall–Kier alpha value is -1.62. The largest absolute Gasteiger partial charge is 0.385 e. The van der Waals surface area contributed by atoms with Crippen LogP contribution in [0.5, 0.6) is 0 Å². The number of ether oxygens (including phenoxy) is 1. The first-order chi connectivity index (χ1) is 8.79. The zero-order valence-electron chi connectivity index (χ0n) is 10.6. The SMILES string of the molecule is COCCCNc1ccc(C(=O)NC2CC2)nc1. The summed E-state index contributed by atoms with van der Waals surface area (Å²) >= 11 is 0. The molecule has 2 N–H and O–H groups in total. The van der Waals surface area contributed by atoms with Crippen molar-refractivity contribution >= 4 is 11.6 Å². The lowest BCUT2D eigenvalue weighted by atomic mass is 10.3. The van der Waals surface area contributed by atoms with E-state index in [1.165, 1.54) is 0 Å². The van der Waals surface area contributed by atoms with E-state index in [-0.39, 0.29) is 5.91 Å². The average Bonchev–Trinajstić information content (AvgIpc) is 3.19. The van der Waals surface area contributed by atoms with Gasteiger partial charge in [0, 0.05) is 26.3 Å². The third kappa shape index (κ3) is 4.00. The zero-order valence-corrected chi connectivity index (χ0v) is 10.6. The van der Waals surface area contributed by atoms with E-state index in [1.54, 1.807) is 19.4 Å². The second-order valence-electron chi connectivity index (χ2n) is 4.45. The van der Waals surface area contributed by atoms with E-state index in [9.17, 15) is 4.79 Å². The highest BCUT2D eigenvalue weighted by molar-refractivity contribution is 5.92. The second kappa shape index (κ2) is 6.35. The van der Waals surface area contributed by atoms with E-state index in [0.717, 1.165) is 38.1 Å². The number of aromatic nitrogens is 1. The van der Waals surface area contributed by atoms with Crippen molar-refractivity contribution in [3.63, 3.8) is 0 Å². The maximum absolute atomic E-state index is 11.7. The molecule has 0 unspecified atom stereocenters. The quantitative estimate of drug-likeness (QED) is 0.717. The van der Waals surface area contributed by atoms with E-state index >= 15 is 0 Å². The Balaban J connectivity index is 1.78. The van der Waals surface area contributed by atoms with Gasteiger partial charge in [0.2, 0.25) is 0 Å². The van der Waals surface area contributed by atoms with Crippen LogP contribution in [0.3, 0.4) is 0 Å². The molecule has 2 rings (SSSR count). The average molecular weight is 249 g/mol. The Labute approximate surface area is 107 Å². The number of hydrogen-bond donors (Lipinski definition) is 2. The van der Waals surface area contributed by atoms with Crippen molar-refractivity contribution in [1.82, 2.24) is 10.3 Å². The fraction of sp³-hybridized carbons (Fsp3) is 0.538. The lowest BCUT2D eigenvalue weighted by Crippen LogP contribution is -2.26. The standard InChI is InChI=1S/C13H19N3O2/c1-18-8-2-7-14-11-5-6-12(15-9-11)13(17)16-10-3-4-10/h5-6,9-10,14H,2-4,7-8H2,1H3,(H,16,17). The Morgan fingerprint density at radius 3 is 2.94 bits per heavy atom. The second-order valence-corrected chi connectivity index (χ2v) is 4.45. The first-order valence-corrected chi connectivity index (χ1v) is 6.29. The first-order valence-electron chi connectivity index (χ1n) is 6.29. The normalized spacial score (nSPS) is 14.3. The van der Waals surface area contributed by atoms with E-state index in [4.69, 9.17) is 4.74 Å². The Morgan fingerprint density at radius 1 is 1.50 bits per heavy atom. The summed E-state index contributed by atoms with van der Waals surface area (Å²) in [6, 6.07) is 3.99. The highest BCUT2D eigenvalue weighted by Crippen LogP contribution is 2.19. The smallest absolute Gasteiger partial charge is 0.270 e. The molecule has 0 spiro atoms. The molecule has 1 aromatic rings. The van der Waals surface area contributed by atoms with Crippen molar-refractivity contribution < 1.29 is 9.53 Å². The number of methoxy groups -OCH3 is 1. The molecule has 0 atom stereocenters. The van der Waals surface area contributed by atoms with Gasteiger partial charge in [0.25, 0.3) is 5.91 Å². The molecule has 18 heavy (non-hydrogen) atoms. The Kier molecular flexibility index (Phi) is 4.52. The molecular weight excluding hydrogens is 230 g/mol. The van der Waals surface area contributed by atoms with Crippen molar-refractivity contribution in [1.29, 1.82) is 0 Å². The summed E-state index contributed by atoms with van der Waals surface area (Å²) in [5, 5.41) is 6.14. The van der Waals surface area contributed by atoms with Crippen LogP contribution in [0.15, 0.2) is 18.3 Å². The number of rotatable bonds is 7. The summed E-state index contributed by atoms with van der Waals surface area (Å²) in [5.41, 5.74) is 1.40. The molecule has 1 aliphatic carbocycles. The molecule has 1 saturated carbocycles. The lowest BCUT2D eigenvalue weighted by Gasteiger charge is -2.06. The van der Waals surface area contributed by atoms with Crippen LogP contribution >= 0.6 is 0 Å². The molecule has 0 aliphatic heterocycles. The number of amides is 1. The molecular formula is C13H19N3O2. The summed E-state index contributed by atoms with van der Waals surface area (Å²) in [6.45, 7) is 1.57. The molecule has 0 radical (unpaired) electrons. The van der Waals surface area contributed by atoms with Crippen LogP contribution in [0.4, 0.5) is 5.69 Å². The van der Waals surface area contributed by atoms with Crippen LogP contribution in [0.2, 0.25) is 0 Å². The lowest BCUT2D eigenvalue weighted by molar-refractivity contribution is 0.0946. The third-order valence-corrected chi connectivity index (χ3v) is 2.76. The van der Waals surface area contributed by atoms with Gasteiger partial charge in [-0.3, -0.25) is 4.79 Å². The van der Waals surface area contributed by atoms with Crippen LogP contribution in [0.25, 0.3) is 0 Å². The Bertz CT molecular complexity index is 388. The maximum atomic E-state index is 11.7. The molecule has 1 aromatic heterocycles. The summed E-state index contributed by atoms with van der Waals surface area (Å²) < 4.78 is 4.96. The zero-order chi connectivity index (χ0) is 12.8. The van der Waals surface area contributed by atoms with Gasteiger partial charge in [0.15, 0.2) is 0 Å². The topological polar surface area (TPSA) is 63.2 Å². The van der Waals surface area contributed by atoms with Crippen molar-refractivity contribution in [2.45, 2.75) is 25.3 Å². The Morgan fingerprint density at radius 2 is 2.33 bits per heavy atom. The molecule has 1 heterocycles. The van der Waals surface area contributed by atoms with E-state index in [0.29, 0.717) is 11.7 Å². The van der Waals surface area contributed by atoms with Gasteiger partial charge in [-0.1, -0.05) is 0 Å². The molecule has 98 valence electrons. The number of hydrogen-bond acceptors (Lipinski definition) is 4. The van der Waals surface area contributed by atoms with E-state index in [2.05, 4.69) is 15.6 Å². The molecule has 1 aliphatic rings. The van der Waals surface area contributed by atoms with Gasteiger partial charge in [-0.25, -0.2) is 4.98 Å². The van der Waals surface area contributed by atoms with Gasteiger partial charge in [-0.05, 0) is 31.4 Å². The van der Waals surface area contributed by atoms with Crippen molar-refractivity contribution in [2.24, 2.45) is 0 Å². The molecule has 1 fully saturated rings. The van der Waals surface area contributed by atoms with Crippen molar-refractivity contribution in [3.05, 3.63) is 24.0 Å². The highest BCUT2D eigenvalue weighted by Gasteiger charge is 2.24. The first kappa shape index (κ1) is 12.8. The van der Waals surface area contributed by atoms with Gasteiger partial charge in [0.05, 0.1) is 11.9 Å². The van der Waals surface area contributed by atoms with Gasteiger partial charge in [-0.15, -0.1) is 0 Å². The number of pyridine rings is 1. The summed E-state index contributed by atoms with van der Waals surface area (Å²) in [7, 11) is 1.69. The molecule has 0 saturated heterocycles. The van der Waals surface area contributed by atoms with Crippen LogP contribution < -0.4 is 10.6 Å². The number of nitrogens with one attached hydrogen (secondary N) is 2. The minimum Gasteiger partial charge on any atom is -0.385 e. The van der Waals surface area contributed by atoms with Gasteiger partial charge in [0.1, 0.15) is 5.69 Å². The summed E-state index contributed by atoms with van der Waals surface area (Å²) in [5.74, 6) is -0.0802. The van der Waals surface area contributed by atoms with Crippen LogP contribution in [0.1, 0.15) is 29.8 Å². The molecule has 0 aromatic carbocycles. The monoisotopic (exact) mass is 249 g/mol. The van der Waals surface area contributed by atoms with E-state index in [1.807, 2.05) is 6.07 Å². The maximum Gasteiger partial charge on any atom is 0.270 e. The highest BCUT2D eigenvalue weighted by atomic mass is 16.5. The molecule has 5 nitrogen and oxygen atoms in total. The third-order valence-electron chi connectivity index (χ3n) is 2.76. The van der Waals surface area contributed by atoms with Crippen LogP contribution in [-0.2, 0) is 4.74 Å². The predicted molar refractivity (Wildman–Crippen MR) is 69.7 cm³/mol. The predicted octanol–water partition coefficient (Wildman–Crippen LogP) is 1.42. The minimum atomic E-state index is -0.0802. The number of nitrogens with zero attached hydrogens (tertiary/aromatic N) is 1. The molecule has 1 amide bonds. The minimum absolute atomic E-state index is 0.0802. The van der Waals surface area contributed by atoms with Crippen LogP contribution in [-0.4, -0.2) is 37.2 Å². The van der Waals surface area contributed by atoms with Crippen molar-refractivity contribution in [2.75, 3.05) is 25.6 Å². The summed E-state index contributed by atoms with van der Waals surface area (Å²) in [6.07, 6.45) is 4.81. The van der Waals surface area contributed by atoms with Crippen molar-refractivity contribution in [3.8, 4) is 0 Å². The molecule has 5 heteroatoms. The van der Waals surface area contributed by atoms with E-state index < -0.39 is 0 Å². The fourth-order valence-electron chi connectivity index (χ4n) is 1.57. The molecule has 0 bridgehead atoms. The fourth-order valence-corrected chi connectivity index (χ4v) is 1.57. The van der Waals surface area contributed by atoms with Gasteiger partial charge >= 0.3 is 0 Å². The summed E-state index contributed by atoms with van der Waals surface area (Å²) in [4.78, 5) is 15.8. The number of anilines is 1. The number of carbonyl (C=O) groups is 1.